The number of nitrogens with two attached hydrogens (primary N) is 1. The van der Waals surface area contributed by atoms with E-state index < -0.39 is 0 Å². The van der Waals surface area contributed by atoms with Crippen LogP contribution in [0.25, 0.3) is 0 Å². The van der Waals surface area contributed by atoms with Gasteiger partial charge in [-0.1, -0.05) is 18.2 Å². The minimum absolute atomic E-state index is 0.407. The van der Waals surface area contributed by atoms with Crippen molar-refractivity contribution in [3.05, 3.63) is 53.1 Å². The van der Waals surface area contributed by atoms with Crippen molar-refractivity contribution in [3.63, 3.8) is 0 Å². The fraction of sp³-hybridized carbons (Fsp3) is 0.333. The first kappa shape index (κ1) is 16.2. The predicted octanol–water partition coefficient (Wildman–Crippen LogP) is 3.23. The van der Waals surface area contributed by atoms with E-state index in [1.54, 1.807) is 7.11 Å². The lowest BCUT2D eigenvalue weighted by Gasteiger charge is -2.14. The van der Waals surface area contributed by atoms with E-state index in [1.165, 1.54) is 11.1 Å². The number of methoxy groups -OCH3 is 1. The molecule has 0 heterocycles. The Hall–Kier alpha value is -2.20. The van der Waals surface area contributed by atoms with Crippen LogP contribution in [0.2, 0.25) is 0 Å². The second-order valence-corrected chi connectivity index (χ2v) is 5.17. The third-order valence-electron chi connectivity index (χ3n) is 3.29. The molecule has 0 saturated heterocycles. The first-order valence-corrected chi connectivity index (χ1v) is 7.34. The molecule has 2 aromatic rings. The van der Waals surface area contributed by atoms with E-state index in [0.29, 0.717) is 31.3 Å². The monoisotopic (exact) mass is 301 g/mol. The molecule has 0 spiro atoms. The fourth-order valence-corrected chi connectivity index (χ4v) is 2.37. The topological polar surface area (TPSA) is 53.7 Å². The first-order chi connectivity index (χ1) is 10.6. The number of aryl methyl sites for hydroxylation is 2. The molecule has 22 heavy (non-hydrogen) atoms. The van der Waals surface area contributed by atoms with Gasteiger partial charge < -0.3 is 19.9 Å². The lowest BCUT2D eigenvalue weighted by atomic mass is 10.1. The van der Waals surface area contributed by atoms with Gasteiger partial charge in [0.1, 0.15) is 19.0 Å². The molecule has 4 nitrogen and oxygen atoms in total. The van der Waals surface area contributed by atoms with Crippen molar-refractivity contribution < 1.29 is 14.2 Å². The van der Waals surface area contributed by atoms with Gasteiger partial charge in [-0.15, -0.1) is 0 Å². The number of ether oxygens (including phenoxy) is 3. The zero-order valence-corrected chi connectivity index (χ0v) is 13.4. The Morgan fingerprint density at radius 2 is 1.64 bits per heavy atom. The molecule has 0 fully saturated rings. The predicted molar refractivity (Wildman–Crippen MR) is 87.8 cm³/mol. The third kappa shape index (κ3) is 4.15. The SMILES string of the molecule is COc1cccc(CN)c1OCCOc1cc(C)cc(C)c1. The Balaban J connectivity index is 1.94. The Morgan fingerprint density at radius 1 is 0.955 bits per heavy atom. The van der Waals surface area contributed by atoms with Gasteiger partial charge in [0.05, 0.1) is 7.11 Å². The summed E-state index contributed by atoms with van der Waals surface area (Å²) in [4.78, 5) is 0. The molecule has 0 saturated carbocycles. The summed E-state index contributed by atoms with van der Waals surface area (Å²) in [6.07, 6.45) is 0. The molecule has 0 atom stereocenters. The summed E-state index contributed by atoms with van der Waals surface area (Å²) in [5.74, 6) is 2.24. The van der Waals surface area contributed by atoms with Crippen LogP contribution in [0, 0.1) is 13.8 Å². The normalized spacial score (nSPS) is 10.4. The van der Waals surface area contributed by atoms with Crippen molar-refractivity contribution in [2.45, 2.75) is 20.4 Å². The number of rotatable bonds is 7. The summed E-state index contributed by atoms with van der Waals surface area (Å²) in [5.41, 5.74) is 9.03. The summed E-state index contributed by atoms with van der Waals surface area (Å²) in [5, 5.41) is 0. The van der Waals surface area contributed by atoms with Crippen molar-refractivity contribution in [2.24, 2.45) is 5.73 Å². The molecule has 0 radical (unpaired) electrons. The average molecular weight is 301 g/mol. The highest BCUT2D eigenvalue weighted by Gasteiger charge is 2.09. The molecule has 2 rings (SSSR count). The maximum absolute atomic E-state index is 5.80. The molecule has 0 aliphatic carbocycles. The Bertz CT molecular complexity index is 583. The molecule has 0 amide bonds. The third-order valence-corrected chi connectivity index (χ3v) is 3.29. The Morgan fingerprint density at radius 3 is 2.27 bits per heavy atom. The molecule has 2 N–H and O–H groups in total. The van der Waals surface area contributed by atoms with Gasteiger partial charge >= 0.3 is 0 Å². The molecule has 2 aromatic carbocycles. The van der Waals surface area contributed by atoms with Gasteiger partial charge in [0, 0.05) is 12.1 Å². The van der Waals surface area contributed by atoms with Crippen molar-refractivity contribution in [1.29, 1.82) is 0 Å². The fourth-order valence-electron chi connectivity index (χ4n) is 2.37. The van der Waals surface area contributed by atoms with E-state index >= 15 is 0 Å². The van der Waals surface area contributed by atoms with Crippen molar-refractivity contribution in [3.8, 4) is 17.2 Å². The minimum atomic E-state index is 0.407. The van der Waals surface area contributed by atoms with Gasteiger partial charge in [-0.05, 0) is 43.2 Å². The zero-order valence-electron chi connectivity index (χ0n) is 13.4. The van der Waals surface area contributed by atoms with Crippen LogP contribution in [-0.4, -0.2) is 20.3 Å². The quantitative estimate of drug-likeness (QED) is 0.798. The standard InChI is InChI=1S/C18H23NO3/c1-13-9-14(2)11-16(10-13)21-7-8-22-18-15(12-19)5-4-6-17(18)20-3/h4-6,9-11H,7-8,12,19H2,1-3H3. The second-order valence-electron chi connectivity index (χ2n) is 5.17. The van der Waals surface area contributed by atoms with Gasteiger partial charge in [-0.25, -0.2) is 0 Å². The highest BCUT2D eigenvalue weighted by atomic mass is 16.5. The van der Waals surface area contributed by atoms with E-state index in [0.717, 1.165) is 11.3 Å². The summed E-state index contributed by atoms with van der Waals surface area (Å²) in [6, 6.07) is 11.8. The van der Waals surface area contributed by atoms with Crippen LogP contribution in [0.4, 0.5) is 0 Å². The van der Waals surface area contributed by atoms with E-state index in [1.807, 2.05) is 30.3 Å². The number of hydrogen-bond donors (Lipinski definition) is 1. The van der Waals surface area contributed by atoms with Crippen LogP contribution in [0.3, 0.4) is 0 Å². The van der Waals surface area contributed by atoms with Gasteiger partial charge in [0.15, 0.2) is 11.5 Å². The van der Waals surface area contributed by atoms with Crippen LogP contribution in [0.5, 0.6) is 17.2 Å². The van der Waals surface area contributed by atoms with Crippen molar-refractivity contribution in [2.75, 3.05) is 20.3 Å². The minimum Gasteiger partial charge on any atom is -0.493 e. The average Bonchev–Trinajstić information content (AvgIpc) is 2.50. The lowest BCUT2D eigenvalue weighted by Crippen LogP contribution is -2.11. The highest BCUT2D eigenvalue weighted by molar-refractivity contribution is 5.46. The van der Waals surface area contributed by atoms with Gasteiger partial charge in [0.25, 0.3) is 0 Å². The molecule has 4 heteroatoms. The molecule has 0 bridgehead atoms. The molecule has 0 unspecified atom stereocenters. The van der Waals surface area contributed by atoms with E-state index in [-0.39, 0.29) is 0 Å². The second kappa shape index (κ2) is 7.71. The highest BCUT2D eigenvalue weighted by Crippen LogP contribution is 2.30. The maximum atomic E-state index is 5.80. The molecular formula is C18H23NO3. The summed E-state index contributed by atoms with van der Waals surface area (Å²) in [6.45, 7) is 5.41. The van der Waals surface area contributed by atoms with Crippen LogP contribution in [-0.2, 0) is 6.54 Å². The Labute approximate surface area is 131 Å². The van der Waals surface area contributed by atoms with Crippen molar-refractivity contribution in [1.82, 2.24) is 0 Å². The maximum Gasteiger partial charge on any atom is 0.165 e. The van der Waals surface area contributed by atoms with Gasteiger partial charge in [-0.3, -0.25) is 0 Å². The summed E-state index contributed by atoms with van der Waals surface area (Å²) < 4.78 is 16.9. The summed E-state index contributed by atoms with van der Waals surface area (Å²) >= 11 is 0. The number of para-hydroxylation sites is 1. The van der Waals surface area contributed by atoms with E-state index in [2.05, 4.69) is 19.9 Å². The first-order valence-electron chi connectivity index (χ1n) is 7.34. The zero-order chi connectivity index (χ0) is 15.9. The van der Waals surface area contributed by atoms with Gasteiger partial charge in [0.2, 0.25) is 0 Å². The van der Waals surface area contributed by atoms with Crippen LogP contribution < -0.4 is 19.9 Å². The molecule has 0 aliphatic rings. The van der Waals surface area contributed by atoms with Crippen molar-refractivity contribution >= 4 is 0 Å². The smallest absolute Gasteiger partial charge is 0.165 e. The lowest BCUT2D eigenvalue weighted by molar-refractivity contribution is 0.210. The molecule has 0 aliphatic heterocycles. The number of benzene rings is 2. The van der Waals surface area contributed by atoms with Crippen LogP contribution in [0.1, 0.15) is 16.7 Å². The molecule has 118 valence electrons. The summed E-state index contributed by atoms with van der Waals surface area (Å²) in [7, 11) is 1.62. The molecular weight excluding hydrogens is 278 g/mol. The van der Waals surface area contributed by atoms with Gasteiger partial charge in [-0.2, -0.15) is 0 Å². The molecule has 0 aromatic heterocycles. The largest absolute Gasteiger partial charge is 0.493 e. The van der Waals surface area contributed by atoms with Crippen LogP contribution in [0.15, 0.2) is 36.4 Å². The Kier molecular flexibility index (Phi) is 5.67. The van der Waals surface area contributed by atoms with Crippen LogP contribution >= 0.6 is 0 Å². The van der Waals surface area contributed by atoms with E-state index in [4.69, 9.17) is 19.9 Å². The van der Waals surface area contributed by atoms with E-state index in [9.17, 15) is 0 Å². The number of hydrogen-bond acceptors (Lipinski definition) is 4.